The summed E-state index contributed by atoms with van der Waals surface area (Å²) in [7, 11) is 0. The largest absolute Gasteiger partial charge is 0.393 e. The van der Waals surface area contributed by atoms with Crippen LogP contribution in [0.4, 0.5) is 0 Å². The van der Waals surface area contributed by atoms with E-state index in [1.807, 2.05) is 0 Å². The minimum absolute atomic E-state index is 0.151. The maximum atomic E-state index is 9.25. The number of aliphatic hydroxyl groups excluding tert-OH is 4. The highest BCUT2D eigenvalue weighted by atomic mass is 16.3. The Bertz CT molecular complexity index is 139. The summed E-state index contributed by atoms with van der Waals surface area (Å²) in [6.07, 6.45) is -1.64. The van der Waals surface area contributed by atoms with Crippen LogP contribution in [-0.4, -0.2) is 44.8 Å². The third kappa shape index (κ3) is 2.71. The molecule has 1 aliphatic carbocycles. The molecule has 0 spiro atoms. The van der Waals surface area contributed by atoms with Gasteiger partial charge in [-0.05, 0) is 19.3 Å². The minimum atomic E-state index is -0.854. The van der Waals surface area contributed by atoms with Gasteiger partial charge in [0, 0.05) is 6.42 Å². The molecule has 4 heteroatoms. The fourth-order valence-corrected chi connectivity index (χ4v) is 1.52. The lowest BCUT2D eigenvalue weighted by Gasteiger charge is -2.26. The lowest BCUT2D eigenvalue weighted by molar-refractivity contribution is -0.0465. The number of hydrogen-bond donors (Lipinski definition) is 4. The van der Waals surface area contributed by atoms with Crippen LogP contribution in [0.1, 0.15) is 25.7 Å². The second-order valence-corrected chi connectivity index (χ2v) is 3.49. The van der Waals surface area contributed by atoms with Gasteiger partial charge < -0.3 is 20.4 Å². The van der Waals surface area contributed by atoms with Crippen molar-refractivity contribution < 1.29 is 20.4 Å². The standard InChI is InChI=1S/C8H16O4/c9-5-1-2-7(11)8(12)4-6(10)3-5/h5-12H,1-4H2. The van der Waals surface area contributed by atoms with Crippen LogP contribution in [0.2, 0.25) is 0 Å². The molecule has 4 unspecified atom stereocenters. The van der Waals surface area contributed by atoms with Gasteiger partial charge in [-0.1, -0.05) is 0 Å². The van der Waals surface area contributed by atoms with E-state index >= 15 is 0 Å². The molecule has 1 rings (SSSR count). The summed E-state index contributed by atoms with van der Waals surface area (Å²) < 4.78 is 0. The van der Waals surface area contributed by atoms with Gasteiger partial charge in [0.1, 0.15) is 0 Å². The van der Waals surface area contributed by atoms with Crippen LogP contribution in [0.3, 0.4) is 0 Å². The minimum Gasteiger partial charge on any atom is -0.393 e. The fourth-order valence-electron chi connectivity index (χ4n) is 1.52. The van der Waals surface area contributed by atoms with E-state index in [2.05, 4.69) is 0 Å². The van der Waals surface area contributed by atoms with Crippen molar-refractivity contribution in [3.63, 3.8) is 0 Å². The topological polar surface area (TPSA) is 80.9 Å². The van der Waals surface area contributed by atoms with Crippen LogP contribution in [0, 0.1) is 0 Å². The number of hydrogen-bond acceptors (Lipinski definition) is 4. The van der Waals surface area contributed by atoms with Crippen molar-refractivity contribution in [1.82, 2.24) is 0 Å². The van der Waals surface area contributed by atoms with E-state index in [4.69, 9.17) is 0 Å². The Morgan fingerprint density at radius 1 is 0.667 bits per heavy atom. The maximum Gasteiger partial charge on any atom is 0.0823 e. The summed E-state index contributed by atoms with van der Waals surface area (Å²) in [4.78, 5) is 0. The second kappa shape index (κ2) is 4.18. The molecule has 0 amide bonds. The molecular weight excluding hydrogens is 160 g/mol. The molecule has 1 fully saturated rings. The molecule has 0 aliphatic heterocycles. The van der Waals surface area contributed by atoms with Crippen molar-refractivity contribution >= 4 is 0 Å². The highest BCUT2D eigenvalue weighted by Gasteiger charge is 2.25. The molecule has 4 nitrogen and oxygen atoms in total. The molecular formula is C8H16O4. The predicted octanol–water partition coefficient (Wildman–Crippen LogP) is -0.996. The molecule has 72 valence electrons. The van der Waals surface area contributed by atoms with Gasteiger partial charge in [-0.25, -0.2) is 0 Å². The van der Waals surface area contributed by atoms with Gasteiger partial charge in [0.2, 0.25) is 0 Å². The van der Waals surface area contributed by atoms with Crippen LogP contribution >= 0.6 is 0 Å². The lowest BCUT2D eigenvalue weighted by atomic mass is 9.93. The zero-order valence-corrected chi connectivity index (χ0v) is 6.93. The van der Waals surface area contributed by atoms with Crippen molar-refractivity contribution in [3.05, 3.63) is 0 Å². The third-order valence-corrected chi connectivity index (χ3v) is 2.30. The first-order valence-corrected chi connectivity index (χ1v) is 4.32. The van der Waals surface area contributed by atoms with Crippen LogP contribution < -0.4 is 0 Å². The van der Waals surface area contributed by atoms with Crippen molar-refractivity contribution in [1.29, 1.82) is 0 Å². The first kappa shape index (κ1) is 9.92. The molecule has 1 aliphatic rings. The summed E-state index contributed by atoms with van der Waals surface area (Å²) in [5.41, 5.74) is 0. The van der Waals surface area contributed by atoms with Gasteiger partial charge in [0.25, 0.3) is 0 Å². The first-order chi connectivity index (χ1) is 5.59. The second-order valence-electron chi connectivity index (χ2n) is 3.49. The fraction of sp³-hybridized carbons (Fsp3) is 1.00. The lowest BCUT2D eigenvalue weighted by Crippen LogP contribution is -2.35. The van der Waals surface area contributed by atoms with Crippen LogP contribution in [0.15, 0.2) is 0 Å². The highest BCUT2D eigenvalue weighted by Crippen LogP contribution is 2.18. The van der Waals surface area contributed by atoms with Gasteiger partial charge >= 0.3 is 0 Å². The van der Waals surface area contributed by atoms with Crippen molar-refractivity contribution in [2.75, 3.05) is 0 Å². The van der Waals surface area contributed by atoms with E-state index in [9.17, 15) is 20.4 Å². The van der Waals surface area contributed by atoms with Crippen LogP contribution in [-0.2, 0) is 0 Å². The molecule has 0 heterocycles. The van der Waals surface area contributed by atoms with Gasteiger partial charge in [0.15, 0.2) is 0 Å². The summed E-state index contributed by atoms with van der Waals surface area (Å²) >= 11 is 0. The normalized spacial score (nSPS) is 45.0. The Balaban J connectivity index is 2.46. The van der Waals surface area contributed by atoms with Crippen molar-refractivity contribution in [2.24, 2.45) is 0 Å². The summed E-state index contributed by atoms with van der Waals surface area (Å²) in [5, 5.41) is 37.0. The average molecular weight is 176 g/mol. The highest BCUT2D eigenvalue weighted by molar-refractivity contribution is 4.78. The molecule has 1 saturated carbocycles. The Labute approximate surface area is 71.5 Å². The molecule has 0 aromatic carbocycles. The molecule has 4 atom stereocenters. The Morgan fingerprint density at radius 2 is 1.33 bits per heavy atom. The van der Waals surface area contributed by atoms with E-state index in [0.29, 0.717) is 19.3 Å². The smallest absolute Gasteiger partial charge is 0.0823 e. The maximum absolute atomic E-state index is 9.25. The molecule has 0 bridgehead atoms. The predicted molar refractivity (Wildman–Crippen MR) is 42.5 cm³/mol. The molecule has 0 radical (unpaired) electrons. The number of aliphatic hydroxyl groups is 4. The first-order valence-electron chi connectivity index (χ1n) is 4.32. The van der Waals surface area contributed by atoms with Gasteiger partial charge in [-0.3, -0.25) is 0 Å². The van der Waals surface area contributed by atoms with E-state index in [1.54, 1.807) is 0 Å². The van der Waals surface area contributed by atoms with E-state index in [1.165, 1.54) is 0 Å². The monoisotopic (exact) mass is 176 g/mol. The van der Waals surface area contributed by atoms with Gasteiger partial charge in [-0.15, -0.1) is 0 Å². The Morgan fingerprint density at radius 3 is 2.00 bits per heavy atom. The van der Waals surface area contributed by atoms with Gasteiger partial charge in [0.05, 0.1) is 24.4 Å². The van der Waals surface area contributed by atoms with Crippen LogP contribution in [0.25, 0.3) is 0 Å². The quantitative estimate of drug-likeness (QED) is 0.382. The zero-order chi connectivity index (χ0) is 9.14. The zero-order valence-electron chi connectivity index (χ0n) is 6.93. The summed E-state index contributed by atoms with van der Waals surface area (Å²) in [5.74, 6) is 0. The van der Waals surface area contributed by atoms with E-state index in [0.717, 1.165) is 0 Å². The summed E-state index contributed by atoms with van der Waals surface area (Å²) in [6, 6.07) is 0. The van der Waals surface area contributed by atoms with E-state index < -0.39 is 24.4 Å². The average Bonchev–Trinajstić information content (AvgIpc) is 1.98. The van der Waals surface area contributed by atoms with Crippen molar-refractivity contribution in [2.45, 2.75) is 50.1 Å². The number of rotatable bonds is 0. The van der Waals surface area contributed by atoms with Crippen molar-refractivity contribution in [3.8, 4) is 0 Å². The molecule has 4 N–H and O–H groups in total. The molecule has 0 saturated heterocycles. The Kier molecular flexibility index (Phi) is 3.46. The molecule has 0 aromatic rings. The summed E-state index contributed by atoms with van der Waals surface area (Å²) in [6.45, 7) is 0. The third-order valence-electron chi connectivity index (χ3n) is 2.30. The van der Waals surface area contributed by atoms with Crippen LogP contribution in [0.5, 0.6) is 0 Å². The SMILES string of the molecule is OC1CCC(O)C(O)CC(O)C1. The molecule has 0 aromatic heterocycles. The van der Waals surface area contributed by atoms with Gasteiger partial charge in [-0.2, -0.15) is 0 Å². The van der Waals surface area contributed by atoms with E-state index in [-0.39, 0.29) is 6.42 Å². The molecule has 12 heavy (non-hydrogen) atoms. The Hall–Kier alpha value is -0.160.